The SMILES string of the molecule is Cl.O=C(COc1cccc(C(F)(F)F)c1)Nc1ccc2c(c1F)CCNC2. The Labute approximate surface area is 159 Å². The normalized spacial score (nSPS) is 13.3. The molecule has 4 nitrogen and oxygen atoms in total. The molecule has 1 amide bonds. The Balaban J connectivity index is 0.00000261. The molecular weight excluding hydrogens is 388 g/mol. The number of carbonyl (C=O) groups excluding carboxylic acids is 1. The fourth-order valence-electron chi connectivity index (χ4n) is 2.73. The van der Waals surface area contributed by atoms with E-state index in [1.54, 1.807) is 6.07 Å². The van der Waals surface area contributed by atoms with Gasteiger partial charge in [-0.25, -0.2) is 4.39 Å². The van der Waals surface area contributed by atoms with Crippen LogP contribution in [0.4, 0.5) is 23.2 Å². The van der Waals surface area contributed by atoms with E-state index >= 15 is 0 Å². The van der Waals surface area contributed by atoms with Crippen molar-refractivity contribution in [3.05, 3.63) is 58.9 Å². The first-order valence-electron chi connectivity index (χ1n) is 7.95. The topological polar surface area (TPSA) is 50.4 Å². The van der Waals surface area contributed by atoms with Gasteiger partial charge in [0.15, 0.2) is 6.61 Å². The summed E-state index contributed by atoms with van der Waals surface area (Å²) in [6, 6.07) is 7.41. The average molecular weight is 405 g/mol. The summed E-state index contributed by atoms with van der Waals surface area (Å²) in [6.07, 6.45) is -3.98. The van der Waals surface area contributed by atoms with Gasteiger partial charge in [0.05, 0.1) is 11.3 Å². The van der Waals surface area contributed by atoms with E-state index in [1.807, 2.05) is 0 Å². The van der Waals surface area contributed by atoms with Crippen LogP contribution in [-0.2, 0) is 23.9 Å². The minimum absolute atomic E-state index is 0. The lowest BCUT2D eigenvalue weighted by molar-refractivity contribution is -0.137. The van der Waals surface area contributed by atoms with Crippen molar-refractivity contribution in [2.24, 2.45) is 0 Å². The van der Waals surface area contributed by atoms with Gasteiger partial charge in [-0.05, 0) is 48.4 Å². The van der Waals surface area contributed by atoms with Crippen LogP contribution >= 0.6 is 12.4 Å². The van der Waals surface area contributed by atoms with Crippen molar-refractivity contribution in [2.75, 3.05) is 18.5 Å². The monoisotopic (exact) mass is 404 g/mol. The lowest BCUT2D eigenvalue weighted by Gasteiger charge is -2.19. The minimum atomic E-state index is -4.50. The zero-order valence-corrected chi connectivity index (χ0v) is 14.8. The summed E-state index contributed by atoms with van der Waals surface area (Å²) in [4.78, 5) is 12.0. The lowest BCUT2D eigenvalue weighted by atomic mass is 9.99. The lowest BCUT2D eigenvalue weighted by Crippen LogP contribution is -2.26. The number of anilines is 1. The summed E-state index contributed by atoms with van der Waals surface area (Å²) in [5, 5.41) is 5.52. The van der Waals surface area contributed by atoms with Crippen LogP contribution in [0.5, 0.6) is 5.75 Å². The molecule has 0 spiro atoms. The highest BCUT2D eigenvalue weighted by Gasteiger charge is 2.30. The Morgan fingerprint density at radius 1 is 1.22 bits per heavy atom. The van der Waals surface area contributed by atoms with Crippen LogP contribution in [0.3, 0.4) is 0 Å². The molecule has 0 saturated carbocycles. The van der Waals surface area contributed by atoms with Gasteiger partial charge in [-0.2, -0.15) is 13.2 Å². The molecule has 9 heteroatoms. The second-order valence-electron chi connectivity index (χ2n) is 5.85. The van der Waals surface area contributed by atoms with Crippen LogP contribution in [0, 0.1) is 5.82 Å². The molecule has 0 atom stereocenters. The predicted molar refractivity (Wildman–Crippen MR) is 94.6 cm³/mol. The molecule has 2 N–H and O–H groups in total. The average Bonchev–Trinajstić information content (AvgIpc) is 2.62. The second-order valence-corrected chi connectivity index (χ2v) is 5.85. The van der Waals surface area contributed by atoms with Gasteiger partial charge in [-0.15, -0.1) is 12.4 Å². The van der Waals surface area contributed by atoms with Gasteiger partial charge in [0, 0.05) is 6.54 Å². The molecule has 0 bridgehead atoms. The van der Waals surface area contributed by atoms with Gasteiger partial charge in [0.1, 0.15) is 11.6 Å². The van der Waals surface area contributed by atoms with Crippen LogP contribution in [0.25, 0.3) is 0 Å². The van der Waals surface area contributed by atoms with Crippen molar-refractivity contribution < 1.29 is 27.1 Å². The van der Waals surface area contributed by atoms with Crippen molar-refractivity contribution in [1.29, 1.82) is 0 Å². The maximum absolute atomic E-state index is 14.5. The number of nitrogens with one attached hydrogen (secondary N) is 2. The largest absolute Gasteiger partial charge is 0.484 e. The first kappa shape index (κ1) is 21.0. The molecular formula is C18H17ClF4N2O2. The highest BCUT2D eigenvalue weighted by Crippen LogP contribution is 2.31. The van der Waals surface area contributed by atoms with E-state index in [-0.39, 0.29) is 23.8 Å². The van der Waals surface area contributed by atoms with Crippen LogP contribution in [0.15, 0.2) is 36.4 Å². The van der Waals surface area contributed by atoms with Crippen LogP contribution < -0.4 is 15.4 Å². The van der Waals surface area contributed by atoms with E-state index < -0.39 is 30.1 Å². The molecule has 0 saturated heterocycles. The highest BCUT2D eigenvalue weighted by atomic mass is 35.5. The first-order valence-corrected chi connectivity index (χ1v) is 7.95. The smallest absolute Gasteiger partial charge is 0.416 e. The van der Waals surface area contributed by atoms with Crippen molar-refractivity contribution in [2.45, 2.75) is 19.1 Å². The van der Waals surface area contributed by atoms with Gasteiger partial charge < -0.3 is 15.4 Å². The number of fused-ring (bicyclic) bond motifs is 1. The first-order chi connectivity index (χ1) is 12.3. The summed E-state index contributed by atoms with van der Waals surface area (Å²) < 4.78 is 57.5. The summed E-state index contributed by atoms with van der Waals surface area (Å²) in [7, 11) is 0. The molecule has 2 aromatic rings. The number of halogens is 5. The Morgan fingerprint density at radius 2 is 2.00 bits per heavy atom. The zero-order valence-electron chi connectivity index (χ0n) is 14.0. The standard InChI is InChI=1S/C18H16F4N2O2.ClH/c19-17-14-6-7-23-9-11(14)4-5-15(17)24-16(25)10-26-13-3-1-2-12(8-13)18(20,21)22;/h1-5,8,23H,6-7,9-10H2,(H,24,25);1H. The number of amides is 1. The fourth-order valence-corrected chi connectivity index (χ4v) is 2.73. The molecule has 0 unspecified atom stereocenters. The maximum Gasteiger partial charge on any atom is 0.416 e. The molecule has 27 heavy (non-hydrogen) atoms. The van der Waals surface area contributed by atoms with Gasteiger partial charge in [0.2, 0.25) is 0 Å². The van der Waals surface area contributed by atoms with E-state index in [4.69, 9.17) is 4.74 Å². The predicted octanol–water partition coefficient (Wildman–Crippen LogP) is 3.93. The van der Waals surface area contributed by atoms with E-state index in [2.05, 4.69) is 10.6 Å². The molecule has 2 aromatic carbocycles. The zero-order chi connectivity index (χ0) is 18.7. The number of rotatable bonds is 4. The highest BCUT2D eigenvalue weighted by molar-refractivity contribution is 5.92. The van der Waals surface area contributed by atoms with Crippen LogP contribution in [0.2, 0.25) is 0 Å². The molecule has 146 valence electrons. The summed E-state index contributed by atoms with van der Waals surface area (Å²) in [5.41, 5.74) is 0.556. The second kappa shape index (κ2) is 8.58. The van der Waals surface area contributed by atoms with Crippen molar-refractivity contribution in [3.8, 4) is 5.75 Å². The Bertz CT molecular complexity index is 827. The quantitative estimate of drug-likeness (QED) is 0.759. The third-order valence-electron chi connectivity index (χ3n) is 4.01. The summed E-state index contributed by atoms with van der Waals surface area (Å²) >= 11 is 0. The van der Waals surface area contributed by atoms with Gasteiger partial charge in [-0.3, -0.25) is 4.79 Å². The van der Waals surface area contributed by atoms with Crippen molar-refractivity contribution in [3.63, 3.8) is 0 Å². The van der Waals surface area contributed by atoms with E-state index in [9.17, 15) is 22.4 Å². The molecule has 1 aliphatic rings. The van der Waals surface area contributed by atoms with Crippen LogP contribution in [-0.4, -0.2) is 19.1 Å². The molecule has 1 aliphatic heterocycles. The van der Waals surface area contributed by atoms with E-state index in [0.717, 1.165) is 17.7 Å². The molecule has 0 radical (unpaired) electrons. The Morgan fingerprint density at radius 3 is 2.74 bits per heavy atom. The third kappa shape index (κ3) is 5.11. The fraction of sp³-hybridized carbons (Fsp3) is 0.278. The van der Waals surface area contributed by atoms with Crippen molar-refractivity contribution >= 4 is 24.0 Å². The van der Waals surface area contributed by atoms with E-state index in [1.165, 1.54) is 18.2 Å². The minimum Gasteiger partial charge on any atom is -0.484 e. The van der Waals surface area contributed by atoms with Crippen LogP contribution in [0.1, 0.15) is 16.7 Å². The Kier molecular flexibility index (Phi) is 6.67. The Hall–Kier alpha value is -2.32. The molecule has 0 aromatic heterocycles. The number of ether oxygens (including phenoxy) is 1. The van der Waals surface area contributed by atoms with Gasteiger partial charge in [0.25, 0.3) is 5.91 Å². The summed E-state index contributed by atoms with van der Waals surface area (Å²) in [6.45, 7) is 0.693. The van der Waals surface area contributed by atoms with Crippen molar-refractivity contribution in [1.82, 2.24) is 5.32 Å². The number of benzene rings is 2. The van der Waals surface area contributed by atoms with E-state index in [0.29, 0.717) is 25.1 Å². The third-order valence-corrected chi connectivity index (χ3v) is 4.01. The molecule has 3 rings (SSSR count). The molecule has 0 fully saturated rings. The van der Waals surface area contributed by atoms with Gasteiger partial charge in [-0.1, -0.05) is 12.1 Å². The number of alkyl halides is 3. The number of hydrogen-bond donors (Lipinski definition) is 2. The molecule has 0 aliphatic carbocycles. The number of carbonyl (C=O) groups is 1. The van der Waals surface area contributed by atoms with Gasteiger partial charge >= 0.3 is 6.18 Å². The molecule has 1 heterocycles. The summed E-state index contributed by atoms with van der Waals surface area (Å²) in [5.74, 6) is -1.24. The number of hydrogen-bond acceptors (Lipinski definition) is 3. The maximum atomic E-state index is 14.5.